The molecular weight excluding hydrogens is 276 g/mol. The summed E-state index contributed by atoms with van der Waals surface area (Å²) in [4.78, 5) is 2.58. The van der Waals surface area contributed by atoms with Crippen molar-refractivity contribution < 1.29 is 0 Å². The second-order valence-electron chi connectivity index (χ2n) is 5.99. The number of hydrogen-bond acceptors (Lipinski definition) is 3. The third-order valence-electron chi connectivity index (χ3n) is 4.23. The first-order valence-electron chi connectivity index (χ1n) is 7.89. The van der Waals surface area contributed by atoms with E-state index < -0.39 is 0 Å². The van der Waals surface area contributed by atoms with Crippen molar-refractivity contribution in [1.82, 2.24) is 0 Å². The fourth-order valence-electron chi connectivity index (χ4n) is 2.77. The molecule has 2 nitrogen and oxygen atoms in total. The van der Waals surface area contributed by atoms with E-state index in [0.29, 0.717) is 6.04 Å². The van der Waals surface area contributed by atoms with E-state index >= 15 is 0 Å². The van der Waals surface area contributed by atoms with Crippen molar-refractivity contribution in [2.45, 2.75) is 51.2 Å². The van der Waals surface area contributed by atoms with Crippen molar-refractivity contribution >= 4 is 17.0 Å². The lowest BCUT2D eigenvalue weighted by atomic mass is 10.0. The minimum Gasteiger partial charge on any atom is -0.364 e. The van der Waals surface area contributed by atoms with Crippen molar-refractivity contribution in [1.29, 1.82) is 0 Å². The van der Waals surface area contributed by atoms with Crippen molar-refractivity contribution in [2.75, 3.05) is 4.90 Å². The van der Waals surface area contributed by atoms with Crippen LogP contribution >= 0.6 is 11.3 Å². The molecule has 1 aliphatic carbocycles. The summed E-state index contributed by atoms with van der Waals surface area (Å²) in [5.74, 6) is 0. The zero-order valence-electron chi connectivity index (χ0n) is 12.7. The Balaban J connectivity index is 1.85. The predicted molar refractivity (Wildman–Crippen MR) is 91.9 cm³/mol. The molecule has 2 aromatic rings. The van der Waals surface area contributed by atoms with Gasteiger partial charge >= 0.3 is 0 Å². The summed E-state index contributed by atoms with van der Waals surface area (Å²) in [7, 11) is 0. The summed E-state index contributed by atoms with van der Waals surface area (Å²) < 4.78 is 0. The summed E-state index contributed by atoms with van der Waals surface area (Å²) in [5, 5.41) is 4.43. The lowest BCUT2D eigenvalue weighted by Crippen LogP contribution is -2.28. The molecule has 1 atom stereocenters. The number of hydrogen-bond donors (Lipinski definition) is 1. The minimum atomic E-state index is 0.258. The molecule has 1 aromatic heterocycles. The van der Waals surface area contributed by atoms with Crippen LogP contribution in [0.5, 0.6) is 0 Å². The van der Waals surface area contributed by atoms with Crippen molar-refractivity contribution in [2.24, 2.45) is 5.73 Å². The van der Waals surface area contributed by atoms with Crippen LogP contribution in [0, 0.1) is 0 Å². The van der Waals surface area contributed by atoms with E-state index in [0.717, 1.165) is 19.4 Å². The molecule has 1 heterocycles. The number of thiophene rings is 1. The Hall–Kier alpha value is -1.32. The van der Waals surface area contributed by atoms with E-state index in [2.05, 4.69) is 52.9 Å². The zero-order valence-corrected chi connectivity index (χ0v) is 13.5. The molecule has 1 saturated carbocycles. The van der Waals surface area contributed by atoms with Gasteiger partial charge in [-0.1, -0.05) is 25.1 Å². The van der Waals surface area contributed by atoms with Gasteiger partial charge in [-0.25, -0.2) is 0 Å². The summed E-state index contributed by atoms with van der Waals surface area (Å²) in [6.45, 7) is 3.18. The van der Waals surface area contributed by atoms with E-state index in [4.69, 9.17) is 5.73 Å². The predicted octanol–water partition coefficient (Wildman–Crippen LogP) is 4.20. The molecule has 1 aromatic carbocycles. The topological polar surface area (TPSA) is 29.3 Å². The van der Waals surface area contributed by atoms with Crippen LogP contribution in [0.1, 0.15) is 37.3 Å². The Labute approximate surface area is 131 Å². The maximum Gasteiger partial charge on any atom is 0.0440 e. The number of rotatable bonds is 7. The van der Waals surface area contributed by atoms with Crippen LogP contribution in [0.2, 0.25) is 0 Å². The summed E-state index contributed by atoms with van der Waals surface area (Å²) in [5.41, 5.74) is 10.4. The average molecular weight is 300 g/mol. The normalized spacial score (nSPS) is 15.9. The Morgan fingerprint density at radius 2 is 2.10 bits per heavy atom. The molecule has 0 radical (unpaired) electrons. The molecule has 1 aliphatic rings. The van der Waals surface area contributed by atoms with Crippen LogP contribution in [-0.4, -0.2) is 12.1 Å². The van der Waals surface area contributed by atoms with Crippen LogP contribution in [0.25, 0.3) is 0 Å². The van der Waals surface area contributed by atoms with Gasteiger partial charge < -0.3 is 10.6 Å². The average Bonchev–Trinajstić information content (AvgIpc) is 3.22. The maximum absolute atomic E-state index is 6.18. The maximum atomic E-state index is 6.18. The molecule has 3 rings (SSSR count). The molecule has 2 N–H and O–H groups in total. The molecule has 0 spiro atoms. The van der Waals surface area contributed by atoms with Gasteiger partial charge in [-0.15, -0.1) is 0 Å². The second kappa shape index (κ2) is 6.63. The smallest absolute Gasteiger partial charge is 0.0440 e. The van der Waals surface area contributed by atoms with E-state index in [1.807, 2.05) is 0 Å². The van der Waals surface area contributed by atoms with Gasteiger partial charge in [0, 0.05) is 24.3 Å². The monoisotopic (exact) mass is 300 g/mol. The molecule has 112 valence electrons. The number of para-hydroxylation sites is 1. The number of benzene rings is 1. The fourth-order valence-corrected chi connectivity index (χ4v) is 3.43. The van der Waals surface area contributed by atoms with E-state index in [1.165, 1.54) is 29.7 Å². The van der Waals surface area contributed by atoms with E-state index in [-0.39, 0.29) is 6.04 Å². The quantitative estimate of drug-likeness (QED) is 0.830. The second-order valence-corrected chi connectivity index (χ2v) is 6.77. The third-order valence-corrected chi connectivity index (χ3v) is 4.96. The Morgan fingerprint density at radius 1 is 1.29 bits per heavy atom. The van der Waals surface area contributed by atoms with Crippen LogP contribution in [-0.2, 0) is 13.0 Å². The Morgan fingerprint density at radius 3 is 2.76 bits per heavy atom. The molecule has 3 heteroatoms. The van der Waals surface area contributed by atoms with Crippen molar-refractivity contribution in [3.05, 3.63) is 52.2 Å². The van der Waals surface area contributed by atoms with Crippen LogP contribution in [0.4, 0.5) is 5.69 Å². The summed E-state index contributed by atoms with van der Waals surface area (Å²) in [6, 6.07) is 12.0. The van der Waals surface area contributed by atoms with Crippen LogP contribution in [0.15, 0.2) is 41.1 Å². The first-order valence-corrected chi connectivity index (χ1v) is 8.83. The highest BCUT2D eigenvalue weighted by atomic mass is 32.1. The van der Waals surface area contributed by atoms with E-state index in [1.54, 1.807) is 11.3 Å². The lowest BCUT2D eigenvalue weighted by Gasteiger charge is -2.27. The van der Waals surface area contributed by atoms with Crippen molar-refractivity contribution in [3.8, 4) is 0 Å². The van der Waals surface area contributed by atoms with Gasteiger partial charge in [0.1, 0.15) is 0 Å². The van der Waals surface area contributed by atoms with Gasteiger partial charge in [0.25, 0.3) is 0 Å². The summed E-state index contributed by atoms with van der Waals surface area (Å²) >= 11 is 1.78. The van der Waals surface area contributed by atoms with Gasteiger partial charge in [0.05, 0.1) is 0 Å². The highest BCUT2D eigenvalue weighted by Gasteiger charge is 2.30. The van der Waals surface area contributed by atoms with Gasteiger partial charge in [-0.05, 0) is 59.7 Å². The zero-order chi connectivity index (χ0) is 14.7. The molecule has 21 heavy (non-hydrogen) atoms. The van der Waals surface area contributed by atoms with E-state index in [9.17, 15) is 0 Å². The van der Waals surface area contributed by atoms with Gasteiger partial charge in [-0.3, -0.25) is 0 Å². The third kappa shape index (κ3) is 3.66. The largest absolute Gasteiger partial charge is 0.364 e. The highest BCUT2D eigenvalue weighted by Crippen LogP contribution is 2.35. The molecule has 0 saturated heterocycles. The molecular formula is C18H24N2S. The SMILES string of the molecule is CCC(N)Cc1ccccc1N(Cc1ccsc1)C1CC1. The minimum absolute atomic E-state index is 0.258. The van der Waals surface area contributed by atoms with Crippen molar-refractivity contribution in [3.63, 3.8) is 0 Å². The first-order chi connectivity index (χ1) is 10.3. The molecule has 1 unspecified atom stereocenters. The highest BCUT2D eigenvalue weighted by molar-refractivity contribution is 7.07. The number of anilines is 1. The lowest BCUT2D eigenvalue weighted by molar-refractivity contribution is 0.643. The Kier molecular flexibility index (Phi) is 4.61. The molecule has 0 bridgehead atoms. The number of nitrogens with two attached hydrogens (primary N) is 1. The standard InChI is InChI=1S/C18H24N2S/c1-2-16(19)11-15-5-3-4-6-18(15)20(17-7-8-17)12-14-9-10-21-13-14/h3-6,9-10,13,16-17H,2,7-8,11-12,19H2,1H3. The summed E-state index contributed by atoms with van der Waals surface area (Å²) in [6.07, 6.45) is 4.64. The van der Waals surface area contributed by atoms with Crippen LogP contribution < -0.4 is 10.6 Å². The van der Waals surface area contributed by atoms with Crippen LogP contribution in [0.3, 0.4) is 0 Å². The number of nitrogens with zero attached hydrogens (tertiary/aromatic N) is 1. The molecule has 0 aliphatic heterocycles. The molecule has 0 amide bonds. The van der Waals surface area contributed by atoms with Gasteiger partial charge in [0.2, 0.25) is 0 Å². The Bertz CT molecular complexity index is 560. The van der Waals surface area contributed by atoms with Gasteiger partial charge in [0.15, 0.2) is 0 Å². The fraction of sp³-hybridized carbons (Fsp3) is 0.444. The van der Waals surface area contributed by atoms with Gasteiger partial charge in [-0.2, -0.15) is 11.3 Å². The first kappa shape index (κ1) is 14.6. The molecule has 1 fully saturated rings.